The predicted octanol–water partition coefficient (Wildman–Crippen LogP) is -0.839. The van der Waals surface area contributed by atoms with E-state index in [-0.39, 0.29) is 31.4 Å². The van der Waals surface area contributed by atoms with Gasteiger partial charge in [0.2, 0.25) is 41.4 Å². The fourth-order valence-corrected chi connectivity index (χ4v) is 7.28. The van der Waals surface area contributed by atoms with Gasteiger partial charge in [0.05, 0.1) is 13.0 Å². The molecule has 0 fully saturated rings. The van der Waals surface area contributed by atoms with Crippen LogP contribution in [0.3, 0.4) is 0 Å². The second-order valence-corrected chi connectivity index (χ2v) is 16.8. The molecule has 0 unspecified atom stereocenters. The van der Waals surface area contributed by atoms with Gasteiger partial charge in [0.15, 0.2) is 0 Å². The fraction of sp³-hybridized carbons (Fsp3) is 0.421. The number of carboxylic acids is 1. The molecule has 21 nitrogen and oxygen atoms in total. The highest BCUT2D eigenvalue weighted by atomic mass is 32.3. The minimum absolute atomic E-state index is 0.00536. The maximum absolute atomic E-state index is 13.9. The summed E-state index contributed by atoms with van der Waals surface area (Å²) >= 11 is 2.79. The second-order valence-electron chi connectivity index (χ2n) is 13.8. The Morgan fingerprint density at radius 3 is 1.89 bits per heavy atom. The Morgan fingerprint density at radius 1 is 0.742 bits per heavy atom. The van der Waals surface area contributed by atoms with Crippen molar-refractivity contribution in [3.8, 4) is 5.75 Å². The molecular formula is C38H50N8O13S3. The van der Waals surface area contributed by atoms with Crippen LogP contribution < -0.4 is 41.8 Å². The fourth-order valence-electron chi connectivity index (χ4n) is 5.99. The Bertz CT molecular complexity index is 2170. The third-order valence-corrected chi connectivity index (χ3v) is 10.6. The van der Waals surface area contributed by atoms with Crippen LogP contribution >= 0.6 is 23.5 Å². The Morgan fingerprint density at radius 2 is 1.31 bits per heavy atom. The Kier molecular flexibility index (Phi) is 20.0. The summed E-state index contributed by atoms with van der Waals surface area (Å²) in [6.07, 6.45) is 4.39. The van der Waals surface area contributed by atoms with Gasteiger partial charge >= 0.3 is 16.4 Å². The number of fused-ring (bicyclic) bond motifs is 1. The van der Waals surface area contributed by atoms with Crippen LogP contribution in [0.2, 0.25) is 0 Å². The number of aromatic nitrogens is 1. The number of amides is 7. The molecule has 2 aromatic carbocycles. The molecule has 0 aliphatic rings. The summed E-state index contributed by atoms with van der Waals surface area (Å²) in [6.45, 7) is 0.406. The zero-order chi connectivity index (χ0) is 46.0. The van der Waals surface area contributed by atoms with Crippen molar-refractivity contribution in [2.45, 2.75) is 69.2 Å². The highest BCUT2D eigenvalue weighted by molar-refractivity contribution is 7.98. The van der Waals surface area contributed by atoms with Crippen molar-refractivity contribution in [1.82, 2.24) is 36.9 Å². The lowest BCUT2D eigenvalue weighted by Gasteiger charge is -2.25. The normalized spacial score (nSPS) is 13.6. The maximum Gasteiger partial charge on any atom is 0.446 e. The van der Waals surface area contributed by atoms with Gasteiger partial charge in [-0.1, -0.05) is 30.3 Å². The number of benzene rings is 2. The molecule has 0 saturated heterocycles. The van der Waals surface area contributed by atoms with E-state index >= 15 is 0 Å². The summed E-state index contributed by atoms with van der Waals surface area (Å²) in [5, 5.41) is 25.0. The van der Waals surface area contributed by atoms with Gasteiger partial charge in [0, 0.05) is 36.9 Å². The third kappa shape index (κ3) is 17.3. The number of primary amides is 1. The number of hydrogen-bond acceptors (Lipinski definition) is 13. The van der Waals surface area contributed by atoms with Crippen LogP contribution in [0.15, 0.2) is 54.7 Å². The number of nitrogens with one attached hydrogen (secondary N) is 7. The lowest BCUT2D eigenvalue weighted by atomic mass is 10.0. The van der Waals surface area contributed by atoms with E-state index in [1.165, 1.54) is 35.7 Å². The molecule has 24 heteroatoms. The topological polar surface area (TPSA) is 334 Å². The maximum atomic E-state index is 13.9. The van der Waals surface area contributed by atoms with Crippen LogP contribution in [-0.2, 0) is 61.6 Å². The minimum Gasteiger partial charge on any atom is -0.481 e. The number of H-pyrrole nitrogens is 1. The van der Waals surface area contributed by atoms with Crippen LogP contribution in [0.25, 0.3) is 10.9 Å². The van der Waals surface area contributed by atoms with Gasteiger partial charge in [-0.15, -0.1) is 0 Å². The van der Waals surface area contributed by atoms with E-state index in [2.05, 4.69) is 41.1 Å². The monoisotopic (exact) mass is 922 g/mol. The lowest BCUT2D eigenvalue weighted by Crippen LogP contribution is -2.58. The van der Waals surface area contributed by atoms with Crippen LogP contribution in [0.5, 0.6) is 5.75 Å². The number of thioether (sulfide) groups is 2. The molecule has 1 heterocycles. The molecule has 0 radical (unpaired) electrons. The molecule has 0 aliphatic heterocycles. The van der Waals surface area contributed by atoms with Crippen molar-refractivity contribution in [2.75, 3.05) is 30.6 Å². The zero-order valence-electron chi connectivity index (χ0n) is 33.9. The number of hydrogen-bond donors (Lipinski definition) is 10. The van der Waals surface area contributed by atoms with Crippen molar-refractivity contribution in [3.63, 3.8) is 0 Å². The van der Waals surface area contributed by atoms with Gasteiger partial charge in [-0.3, -0.25) is 42.9 Å². The standard InChI is InChI=1S/C38H50N8O13S3/c1-21(47)42-31(18-33(49)50)38(55)46-29(16-22-8-10-24(11-9-22)59-62(56,57)58)36(53)45-28(13-15-61-3)35(52)41-20-32(48)43-30(37(54)44-27(34(39)51)12-14-60-2)17-23-19-40-26-7-5-4-6-25(23)26/h4-11,19,27-31,40H,12-18,20H2,1-3H3,(H2,39,51)(H,41,52)(H,42,47)(H,43,48)(H,44,54)(H,45,53)(H,46,55)(H,49,50)(H,56,57,58)/t27-,28-,29+,30-,31-/m0/s1. The molecule has 11 N–H and O–H groups in total. The van der Waals surface area contributed by atoms with Crippen molar-refractivity contribution >= 4 is 92.1 Å². The highest BCUT2D eigenvalue weighted by Gasteiger charge is 2.32. The smallest absolute Gasteiger partial charge is 0.446 e. The quantitative estimate of drug-likeness (QED) is 0.0439. The van der Waals surface area contributed by atoms with Gasteiger partial charge in [-0.2, -0.15) is 31.9 Å². The Hall–Kier alpha value is -5.85. The molecule has 0 saturated carbocycles. The van der Waals surface area contributed by atoms with E-state index in [1.54, 1.807) is 18.5 Å². The van der Waals surface area contributed by atoms with Crippen LogP contribution in [0.4, 0.5) is 0 Å². The highest BCUT2D eigenvalue weighted by Crippen LogP contribution is 2.20. The van der Waals surface area contributed by atoms with Gasteiger partial charge < -0.3 is 51.9 Å². The Labute approximate surface area is 365 Å². The SMILES string of the molecule is CSCC[C@H](NC(=O)[C@H](Cc1c[nH]c2ccccc12)NC(=O)CNC(=O)[C@H](CCSC)NC(=O)[C@@H](Cc1ccc(OS(=O)(=O)O)cc1)NC(=O)[C@H](CC(=O)O)NC(C)=O)C(N)=O. The first-order valence-corrected chi connectivity index (χ1v) is 23.0. The minimum atomic E-state index is -4.85. The summed E-state index contributed by atoms with van der Waals surface area (Å²) in [6, 6.07) is 5.59. The first kappa shape index (κ1) is 50.5. The number of aromatic amines is 1. The lowest BCUT2D eigenvalue weighted by molar-refractivity contribution is -0.141. The molecule has 0 bridgehead atoms. The van der Waals surface area contributed by atoms with Gasteiger partial charge in [0.1, 0.15) is 36.0 Å². The van der Waals surface area contributed by atoms with E-state index in [0.29, 0.717) is 22.6 Å². The number of para-hydroxylation sites is 1. The number of carboxylic acid groups (broad SMARTS) is 1. The van der Waals surface area contributed by atoms with Gasteiger partial charge in [0.25, 0.3) is 0 Å². The molecular weight excluding hydrogens is 873 g/mol. The first-order chi connectivity index (χ1) is 29.3. The van der Waals surface area contributed by atoms with E-state index in [1.807, 2.05) is 24.5 Å². The molecule has 5 atom stereocenters. The van der Waals surface area contributed by atoms with E-state index < -0.39 is 101 Å². The van der Waals surface area contributed by atoms with E-state index in [0.717, 1.165) is 30.0 Å². The molecule has 338 valence electrons. The number of aliphatic carboxylic acids is 1. The zero-order valence-corrected chi connectivity index (χ0v) is 36.4. The first-order valence-electron chi connectivity index (χ1n) is 18.8. The predicted molar refractivity (Wildman–Crippen MR) is 230 cm³/mol. The van der Waals surface area contributed by atoms with Crippen LogP contribution in [0, 0.1) is 0 Å². The third-order valence-electron chi connectivity index (χ3n) is 8.96. The Balaban J connectivity index is 1.82. The molecule has 0 spiro atoms. The van der Waals surface area contributed by atoms with E-state index in [4.69, 9.17) is 10.3 Å². The van der Waals surface area contributed by atoms with Crippen LogP contribution in [0.1, 0.15) is 37.3 Å². The van der Waals surface area contributed by atoms with Gasteiger partial charge in [-0.25, -0.2) is 0 Å². The van der Waals surface area contributed by atoms with Crippen molar-refractivity contribution < 1.29 is 60.6 Å². The average Bonchev–Trinajstić information content (AvgIpc) is 3.61. The van der Waals surface area contributed by atoms with Crippen molar-refractivity contribution in [2.24, 2.45) is 5.73 Å². The summed E-state index contributed by atoms with van der Waals surface area (Å²) in [5.74, 6) is -6.62. The summed E-state index contributed by atoms with van der Waals surface area (Å²) < 4.78 is 35.7. The molecule has 3 aromatic rings. The molecule has 7 amide bonds. The largest absolute Gasteiger partial charge is 0.481 e. The van der Waals surface area contributed by atoms with Crippen LogP contribution in [-0.4, -0.2) is 131 Å². The van der Waals surface area contributed by atoms with Crippen molar-refractivity contribution in [3.05, 3.63) is 65.9 Å². The van der Waals surface area contributed by atoms with E-state index in [9.17, 15) is 51.9 Å². The summed E-state index contributed by atoms with van der Waals surface area (Å²) in [4.78, 5) is 106. The number of rotatable bonds is 26. The molecule has 3 rings (SSSR count). The molecule has 0 aliphatic carbocycles. The average molecular weight is 923 g/mol. The molecule has 1 aromatic heterocycles. The number of carbonyl (C=O) groups is 8. The second kappa shape index (κ2) is 24.6. The summed E-state index contributed by atoms with van der Waals surface area (Å²) in [7, 11) is -4.85. The van der Waals surface area contributed by atoms with Gasteiger partial charge in [-0.05, 0) is 66.2 Å². The molecule has 62 heavy (non-hydrogen) atoms. The summed E-state index contributed by atoms with van der Waals surface area (Å²) in [5.41, 5.74) is 7.32. The number of nitrogens with two attached hydrogens (primary N) is 1. The van der Waals surface area contributed by atoms with Crippen molar-refractivity contribution in [1.29, 1.82) is 0 Å². The number of carbonyl (C=O) groups excluding carboxylic acids is 7.